The van der Waals surface area contributed by atoms with Crippen LogP contribution in [-0.2, 0) is 9.59 Å². The van der Waals surface area contributed by atoms with Crippen LogP contribution in [0.15, 0.2) is 0 Å². The van der Waals surface area contributed by atoms with E-state index in [0.29, 0.717) is 23.7 Å². The van der Waals surface area contributed by atoms with Crippen LogP contribution in [0.5, 0.6) is 0 Å². The van der Waals surface area contributed by atoms with Crippen molar-refractivity contribution >= 4 is 46.2 Å². The number of likely N-dealkylation sites (tertiary alicyclic amines) is 2. The second-order valence-corrected chi connectivity index (χ2v) is 10.3. The largest absolute Gasteiger partial charge is 0.306 e. The van der Waals surface area contributed by atoms with Gasteiger partial charge in [0, 0.05) is 36.8 Å². The van der Waals surface area contributed by atoms with Crippen LogP contribution in [0.2, 0.25) is 0 Å². The lowest BCUT2D eigenvalue weighted by atomic mass is 9.81. The fourth-order valence-corrected chi connectivity index (χ4v) is 6.90. The van der Waals surface area contributed by atoms with Gasteiger partial charge >= 0.3 is 0 Å². The Morgan fingerprint density at radius 3 is 1.31 bits per heavy atom. The van der Waals surface area contributed by atoms with Crippen LogP contribution in [0.25, 0.3) is 0 Å². The minimum atomic E-state index is 0.182. The van der Waals surface area contributed by atoms with Gasteiger partial charge in [-0.2, -0.15) is 0 Å². The highest BCUT2D eigenvalue weighted by molar-refractivity contribution is 7.80. The summed E-state index contributed by atoms with van der Waals surface area (Å²) >= 11 is 11.2. The molecule has 6 heteroatoms. The number of hydrogen-bond donors (Lipinski definition) is 0. The van der Waals surface area contributed by atoms with Crippen LogP contribution in [0.3, 0.4) is 0 Å². The van der Waals surface area contributed by atoms with E-state index in [1.54, 1.807) is 0 Å². The Hall–Kier alpha value is -0.880. The summed E-state index contributed by atoms with van der Waals surface area (Å²) in [6.07, 6.45) is 14.5. The molecule has 2 saturated carbocycles. The van der Waals surface area contributed by atoms with Crippen molar-refractivity contribution in [3.8, 4) is 0 Å². The number of carbonyl (C=O) groups excluding carboxylic acids is 2. The smallest absolute Gasteiger partial charge is 0.231 e. The third-order valence-electron chi connectivity index (χ3n) is 7.63. The summed E-state index contributed by atoms with van der Waals surface area (Å²) in [6.45, 7) is 1.59. The number of amides is 2. The van der Waals surface area contributed by atoms with Gasteiger partial charge < -0.3 is 9.80 Å². The number of hydrogen-bond acceptors (Lipinski definition) is 4. The van der Waals surface area contributed by atoms with Gasteiger partial charge in [0.25, 0.3) is 0 Å². The molecule has 0 aromatic carbocycles. The van der Waals surface area contributed by atoms with Gasteiger partial charge in [-0.3, -0.25) is 9.59 Å². The monoisotopic (exact) mass is 434 g/mol. The van der Waals surface area contributed by atoms with Crippen LogP contribution in [0.1, 0.15) is 83.5 Å². The molecule has 2 amide bonds. The first-order chi connectivity index (χ1) is 14.1. The van der Waals surface area contributed by atoms with E-state index in [9.17, 15) is 9.59 Å². The Labute approximate surface area is 185 Å². The van der Waals surface area contributed by atoms with E-state index in [-0.39, 0.29) is 11.8 Å². The maximum atomic E-state index is 12.6. The molecule has 2 aliphatic heterocycles. The highest BCUT2D eigenvalue weighted by Crippen LogP contribution is 2.40. The summed E-state index contributed by atoms with van der Waals surface area (Å²) in [5.41, 5.74) is 0. The summed E-state index contributed by atoms with van der Waals surface area (Å²) in [5, 5.41) is 0. The molecule has 4 unspecified atom stereocenters. The first kappa shape index (κ1) is 21.4. The van der Waals surface area contributed by atoms with Crippen LogP contribution in [0.4, 0.5) is 0 Å². The number of carbonyl (C=O) groups is 2. The van der Waals surface area contributed by atoms with Crippen molar-refractivity contribution in [2.75, 3.05) is 13.1 Å². The molecular weight excluding hydrogens is 400 g/mol. The summed E-state index contributed by atoms with van der Waals surface area (Å²) in [4.78, 5) is 30.9. The van der Waals surface area contributed by atoms with Crippen molar-refractivity contribution in [3.05, 3.63) is 0 Å². The fraction of sp³-hybridized carbons (Fsp3) is 0.826. The Balaban J connectivity index is 1.12. The lowest BCUT2D eigenvalue weighted by molar-refractivity contribution is -0.131. The second kappa shape index (κ2) is 9.51. The van der Waals surface area contributed by atoms with E-state index in [4.69, 9.17) is 24.4 Å². The SMILES string of the molecule is O=C1C2CCCCC2C(=S)N1CCCCCCCN1C(=O)C2CCCCC2C1=S. The van der Waals surface area contributed by atoms with E-state index in [0.717, 1.165) is 80.9 Å². The first-order valence-electron chi connectivity index (χ1n) is 11.8. The molecule has 4 atom stereocenters. The molecule has 2 heterocycles. The summed E-state index contributed by atoms with van der Waals surface area (Å²) in [5.74, 6) is 1.64. The Kier molecular flexibility index (Phi) is 7.00. The first-order valence-corrected chi connectivity index (χ1v) is 12.6. The van der Waals surface area contributed by atoms with Gasteiger partial charge in [-0.05, 0) is 38.5 Å². The molecule has 4 aliphatic rings. The average molecular weight is 435 g/mol. The quantitative estimate of drug-likeness (QED) is 0.403. The molecule has 0 N–H and O–H groups in total. The number of unbranched alkanes of at least 4 members (excludes halogenated alkanes) is 4. The van der Waals surface area contributed by atoms with Gasteiger partial charge in [-0.25, -0.2) is 0 Å². The Morgan fingerprint density at radius 1 is 0.586 bits per heavy atom. The lowest BCUT2D eigenvalue weighted by Crippen LogP contribution is -2.31. The molecule has 0 aromatic heterocycles. The van der Waals surface area contributed by atoms with E-state index in [1.807, 2.05) is 9.80 Å². The van der Waals surface area contributed by atoms with Crippen LogP contribution < -0.4 is 0 Å². The van der Waals surface area contributed by atoms with Crippen molar-refractivity contribution in [2.24, 2.45) is 23.7 Å². The van der Waals surface area contributed by atoms with Crippen molar-refractivity contribution in [2.45, 2.75) is 83.5 Å². The molecule has 2 saturated heterocycles. The minimum Gasteiger partial charge on any atom is -0.306 e. The van der Waals surface area contributed by atoms with Crippen LogP contribution in [-0.4, -0.2) is 44.7 Å². The summed E-state index contributed by atoms with van der Waals surface area (Å²) in [6, 6.07) is 0. The second-order valence-electron chi connectivity index (χ2n) is 9.42. The molecule has 0 radical (unpaired) electrons. The molecule has 4 fully saturated rings. The van der Waals surface area contributed by atoms with Gasteiger partial charge in [-0.15, -0.1) is 0 Å². The average Bonchev–Trinajstić information content (AvgIpc) is 3.13. The summed E-state index contributed by atoms with van der Waals surface area (Å²) in [7, 11) is 0. The standard InChI is InChI=1S/C23H34N2O2S2/c26-20-16-10-4-6-12-18(16)22(28)24(20)14-8-2-1-3-9-15-25-21(27)17-11-5-7-13-19(17)23(25)29/h16-19H,1-15H2. The van der Waals surface area contributed by atoms with Crippen molar-refractivity contribution in [1.82, 2.24) is 9.80 Å². The number of thiocarbonyl (C=S) groups is 2. The van der Waals surface area contributed by atoms with E-state index in [1.165, 1.54) is 25.7 Å². The van der Waals surface area contributed by atoms with Crippen LogP contribution >= 0.6 is 24.4 Å². The maximum absolute atomic E-state index is 12.6. The fourth-order valence-electron chi connectivity index (χ4n) is 5.97. The molecule has 160 valence electrons. The van der Waals surface area contributed by atoms with Gasteiger partial charge in [-0.1, -0.05) is 69.4 Å². The predicted octanol–water partition coefficient (Wildman–Crippen LogP) is 4.89. The molecular formula is C23H34N2O2S2. The Morgan fingerprint density at radius 2 is 0.931 bits per heavy atom. The van der Waals surface area contributed by atoms with E-state index >= 15 is 0 Å². The third kappa shape index (κ3) is 4.30. The van der Waals surface area contributed by atoms with Crippen molar-refractivity contribution < 1.29 is 9.59 Å². The maximum Gasteiger partial charge on any atom is 0.231 e. The van der Waals surface area contributed by atoms with Crippen LogP contribution in [0, 0.1) is 23.7 Å². The number of nitrogens with zero attached hydrogens (tertiary/aromatic N) is 2. The van der Waals surface area contributed by atoms with Crippen molar-refractivity contribution in [3.63, 3.8) is 0 Å². The lowest BCUT2D eigenvalue weighted by Gasteiger charge is -2.21. The molecule has 0 bridgehead atoms. The third-order valence-corrected chi connectivity index (χ3v) is 8.67. The van der Waals surface area contributed by atoms with Gasteiger partial charge in [0.1, 0.15) is 0 Å². The molecule has 0 spiro atoms. The zero-order valence-corrected chi connectivity index (χ0v) is 19.1. The zero-order chi connectivity index (χ0) is 20.4. The molecule has 29 heavy (non-hydrogen) atoms. The normalized spacial score (nSPS) is 32.1. The zero-order valence-electron chi connectivity index (χ0n) is 17.4. The predicted molar refractivity (Wildman–Crippen MR) is 123 cm³/mol. The molecule has 4 nitrogen and oxygen atoms in total. The molecule has 2 aliphatic carbocycles. The highest BCUT2D eigenvalue weighted by Gasteiger charge is 2.46. The Bertz CT molecular complexity index is 576. The van der Waals surface area contributed by atoms with Gasteiger partial charge in [0.15, 0.2) is 0 Å². The number of rotatable bonds is 8. The highest BCUT2D eigenvalue weighted by atomic mass is 32.1. The topological polar surface area (TPSA) is 40.6 Å². The minimum absolute atomic E-state index is 0.182. The van der Waals surface area contributed by atoms with E-state index in [2.05, 4.69) is 0 Å². The van der Waals surface area contributed by atoms with Gasteiger partial charge in [0.2, 0.25) is 11.8 Å². The van der Waals surface area contributed by atoms with Gasteiger partial charge in [0.05, 0.1) is 9.98 Å². The molecule has 4 rings (SSSR count). The number of fused-ring (bicyclic) bond motifs is 2. The summed E-state index contributed by atoms with van der Waals surface area (Å²) < 4.78 is 0. The van der Waals surface area contributed by atoms with E-state index < -0.39 is 0 Å². The molecule has 0 aromatic rings. The van der Waals surface area contributed by atoms with Crippen molar-refractivity contribution in [1.29, 1.82) is 0 Å².